The molecule has 0 aromatic heterocycles. The summed E-state index contributed by atoms with van der Waals surface area (Å²) in [6.07, 6.45) is 0. The number of piperazine rings is 1. The number of halogens is 1. The molecule has 31 heavy (non-hydrogen) atoms. The fourth-order valence-corrected chi connectivity index (χ4v) is 4.35. The van der Waals surface area contributed by atoms with Crippen LogP contribution in [0.1, 0.15) is 24.2 Å². The Morgan fingerprint density at radius 3 is 2.10 bits per heavy atom. The second-order valence-electron chi connectivity index (χ2n) is 7.74. The molecule has 1 heterocycles. The van der Waals surface area contributed by atoms with Crippen LogP contribution < -0.4 is 5.32 Å². The van der Waals surface area contributed by atoms with Gasteiger partial charge in [0.25, 0.3) is 5.91 Å². The molecule has 2 amide bonds. The minimum atomic E-state index is -3.38. The highest BCUT2D eigenvalue weighted by atomic mass is 32.2. The van der Waals surface area contributed by atoms with Gasteiger partial charge in [0.1, 0.15) is 5.82 Å². The minimum absolute atomic E-state index is 0.163. The van der Waals surface area contributed by atoms with Crippen LogP contribution in [0.4, 0.5) is 10.1 Å². The quantitative estimate of drug-likeness (QED) is 0.735. The van der Waals surface area contributed by atoms with Crippen LogP contribution in [-0.4, -0.2) is 68.0 Å². The van der Waals surface area contributed by atoms with Gasteiger partial charge in [-0.25, -0.2) is 12.8 Å². The van der Waals surface area contributed by atoms with E-state index < -0.39 is 15.1 Å². The SMILES string of the molecule is CC(C)S(=O)(=O)c1ccc(C(=O)N2CCN(CC(=O)Nc3ccc(F)cc3)CC2)cc1. The molecule has 2 aromatic carbocycles. The number of carbonyl (C=O) groups is 2. The lowest BCUT2D eigenvalue weighted by atomic mass is 10.2. The Bertz CT molecular complexity index is 1030. The van der Waals surface area contributed by atoms with Gasteiger partial charge in [0.2, 0.25) is 5.91 Å². The van der Waals surface area contributed by atoms with E-state index in [2.05, 4.69) is 5.32 Å². The second-order valence-corrected chi connectivity index (χ2v) is 10.2. The molecule has 166 valence electrons. The number of nitrogens with one attached hydrogen (secondary N) is 1. The van der Waals surface area contributed by atoms with Crippen molar-refractivity contribution in [3.63, 3.8) is 0 Å². The van der Waals surface area contributed by atoms with E-state index in [4.69, 9.17) is 0 Å². The van der Waals surface area contributed by atoms with Crippen molar-refractivity contribution in [2.75, 3.05) is 38.0 Å². The van der Waals surface area contributed by atoms with Crippen LogP contribution in [0.3, 0.4) is 0 Å². The fraction of sp³-hybridized carbons (Fsp3) is 0.364. The Kier molecular flexibility index (Phi) is 7.07. The average molecular weight is 448 g/mol. The van der Waals surface area contributed by atoms with Gasteiger partial charge < -0.3 is 10.2 Å². The lowest BCUT2D eigenvalue weighted by Crippen LogP contribution is -2.50. The number of amides is 2. The maximum absolute atomic E-state index is 12.9. The summed E-state index contributed by atoms with van der Waals surface area (Å²) in [7, 11) is -3.38. The first-order valence-electron chi connectivity index (χ1n) is 10.1. The molecule has 1 N–H and O–H groups in total. The molecule has 7 nitrogen and oxygen atoms in total. The molecule has 1 aliphatic heterocycles. The molecule has 1 fully saturated rings. The number of anilines is 1. The molecule has 0 unspecified atom stereocenters. The van der Waals surface area contributed by atoms with E-state index in [-0.39, 0.29) is 29.1 Å². The molecule has 0 spiro atoms. The summed E-state index contributed by atoms with van der Waals surface area (Å²) in [4.78, 5) is 28.8. The van der Waals surface area contributed by atoms with E-state index in [0.29, 0.717) is 37.4 Å². The summed E-state index contributed by atoms with van der Waals surface area (Å²) in [5.74, 6) is -0.729. The molecular formula is C22H26FN3O4S. The fourth-order valence-electron chi connectivity index (χ4n) is 3.29. The second kappa shape index (κ2) is 9.57. The van der Waals surface area contributed by atoms with Crippen LogP contribution in [0.15, 0.2) is 53.4 Å². The average Bonchev–Trinajstić information content (AvgIpc) is 2.75. The van der Waals surface area contributed by atoms with E-state index >= 15 is 0 Å². The Balaban J connectivity index is 1.51. The summed E-state index contributed by atoms with van der Waals surface area (Å²) >= 11 is 0. The van der Waals surface area contributed by atoms with E-state index in [1.807, 2.05) is 4.90 Å². The van der Waals surface area contributed by atoms with Crippen LogP contribution in [0, 0.1) is 5.82 Å². The lowest BCUT2D eigenvalue weighted by Gasteiger charge is -2.34. The number of benzene rings is 2. The first-order valence-corrected chi connectivity index (χ1v) is 11.6. The highest BCUT2D eigenvalue weighted by Crippen LogP contribution is 2.18. The minimum Gasteiger partial charge on any atom is -0.336 e. The maximum Gasteiger partial charge on any atom is 0.253 e. The Hall–Kier alpha value is -2.78. The molecule has 0 saturated carbocycles. The zero-order chi connectivity index (χ0) is 22.6. The van der Waals surface area contributed by atoms with Gasteiger partial charge in [0.15, 0.2) is 9.84 Å². The Labute approximate surface area is 181 Å². The topological polar surface area (TPSA) is 86.8 Å². The molecule has 0 aliphatic carbocycles. The highest BCUT2D eigenvalue weighted by Gasteiger charge is 2.24. The maximum atomic E-state index is 12.9. The van der Waals surface area contributed by atoms with Gasteiger partial charge in [0, 0.05) is 37.4 Å². The van der Waals surface area contributed by atoms with Crippen molar-refractivity contribution >= 4 is 27.3 Å². The summed E-state index contributed by atoms with van der Waals surface area (Å²) in [5, 5.41) is 2.20. The molecule has 1 aliphatic rings. The van der Waals surface area contributed by atoms with Gasteiger partial charge in [-0.15, -0.1) is 0 Å². The van der Waals surface area contributed by atoms with E-state index in [1.54, 1.807) is 30.9 Å². The molecular weight excluding hydrogens is 421 g/mol. The molecule has 0 atom stereocenters. The largest absolute Gasteiger partial charge is 0.336 e. The summed E-state index contributed by atoms with van der Waals surface area (Å²) in [5.41, 5.74) is 0.966. The summed E-state index contributed by atoms with van der Waals surface area (Å²) in [6, 6.07) is 11.6. The van der Waals surface area contributed by atoms with Gasteiger partial charge in [-0.2, -0.15) is 0 Å². The standard InChI is InChI=1S/C22H26FN3O4S/c1-16(2)31(29,30)20-9-3-17(4-10-20)22(28)26-13-11-25(12-14-26)15-21(27)24-19-7-5-18(23)6-8-19/h3-10,16H,11-15H2,1-2H3,(H,24,27). The third-order valence-corrected chi connectivity index (χ3v) is 7.38. The molecule has 2 aromatic rings. The van der Waals surface area contributed by atoms with Gasteiger partial charge in [0.05, 0.1) is 16.7 Å². The summed E-state index contributed by atoms with van der Waals surface area (Å²) < 4.78 is 37.4. The number of hydrogen-bond donors (Lipinski definition) is 1. The predicted molar refractivity (Wildman–Crippen MR) is 116 cm³/mol. The number of carbonyl (C=O) groups excluding carboxylic acids is 2. The number of hydrogen-bond acceptors (Lipinski definition) is 5. The van der Waals surface area contributed by atoms with Crippen molar-refractivity contribution in [3.05, 3.63) is 59.9 Å². The van der Waals surface area contributed by atoms with E-state index in [1.165, 1.54) is 36.4 Å². The van der Waals surface area contributed by atoms with Crippen LogP contribution in [0.5, 0.6) is 0 Å². The van der Waals surface area contributed by atoms with Gasteiger partial charge in [-0.05, 0) is 62.4 Å². The van der Waals surface area contributed by atoms with E-state index in [9.17, 15) is 22.4 Å². The smallest absolute Gasteiger partial charge is 0.253 e. The zero-order valence-electron chi connectivity index (χ0n) is 17.5. The van der Waals surface area contributed by atoms with Crippen molar-refractivity contribution in [1.29, 1.82) is 0 Å². The highest BCUT2D eigenvalue weighted by molar-refractivity contribution is 7.92. The van der Waals surface area contributed by atoms with Crippen molar-refractivity contribution < 1.29 is 22.4 Å². The number of nitrogens with zero attached hydrogens (tertiary/aromatic N) is 2. The van der Waals surface area contributed by atoms with Crippen molar-refractivity contribution in [1.82, 2.24) is 9.80 Å². The van der Waals surface area contributed by atoms with Crippen LogP contribution in [0.25, 0.3) is 0 Å². The first-order chi connectivity index (χ1) is 14.7. The number of sulfone groups is 1. The third-order valence-electron chi connectivity index (χ3n) is 5.21. The molecule has 3 rings (SSSR count). The van der Waals surface area contributed by atoms with Gasteiger partial charge >= 0.3 is 0 Å². The molecule has 9 heteroatoms. The molecule has 0 bridgehead atoms. The Morgan fingerprint density at radius 1 is 0.968 bits per heavy atom. The van der Waals surface area contributed by atoms with Gasteiger partial charge in [-0.3, -0.25) is 14.5 Å². The molecule has 0 radical (unpaired) electrons. The Morgan fingerprint density at radius 2 is 1.55 bits per heavy atom. The monoisotopic (exact) mass is 447 g/mol. The van der Waals surface area contributed by atoms with E-state index in [0.717, 1.165) is 0 Å². The van der Waals surface area contributed by atoms with Crippen LogP contribution in [0.2, 0.25) is 0 Å². The predicted octanol–water partition coefficient (Wildman–Crippen LogP) is 2.40. The summed E-state index contributed by atoms with van der Waals surface area (Å²) in [6.45, 7) is 5.44. The van der Waals surface area contributed by atoms with Crippen molar-refractivity contribution in [2.45, 2.75) is 24.0 Å². The van der Waals surface area contributed by atoms with Crippen molar-refractivity contribution in [3.8, 4) is 0 Å². The zero-order valence-corrected chi connectivity index (χ0v) is 18.4. The van der Waals surface area contributed by atoms with Gasteiger partial charge in [-0.1, -0.05) is 0 Å². The van der Waals surface area contributed by atoms with Crippen molar-refractivity contribution in [2.24, 2.45) is 0 Å². The number of rotatable bonds is 6. The lowest BCUT2D eigenvalue weighted by molar-refractivity contribution is -0.117. The first kappa shape index (κ1) is 22.9. The third kappa shape index (κ3) is 5.68. The van der Waals surface area contributed by atoms with Crippen LogP contribution >= 0.6 is 0 Å². The molecule has 1 saturated heterocycles. The normalized spacial score (nSPS) is 15.2. The van der Waals surface area contributed by atoms with Crippen LogP contribution in [-0.2, 0) is 14.6 Å².